The minimum Gasteiger partial charge on any atom is -0.465 e. The second-order valence-electron chi connectivity index (χ2n) is 7.52. The van der Waals surface area contributed by atoms with Gasteiger partial charge >= 0.3 is 5.97 Å². The molecule has 0 spiro atoms. The van der Waals surface area contributed by atoms with Crippen LogP contribution in [-0.2, 0) is 14.3 Å². The number of aliphatic imine (C=N–C) groups is 1. The highest BCUT2D eigenvalue weighted by Crippen LogP contribution is 2.47. The smallest absolute Gasteiger partial charge is 0.315 e. The van der Waals surface area contributed by atoms with Crippen LogP contribution in [0.5, 0.6) is 0 Å². The third-order valence-electron chi connectivity index (χ3n) is 4.85. The molecule has 0 aromatic carbocycles. The maximum absolute atomic E-state index is 13.0. The van der Waals surface area contributed by atoms with Gasteiger partial charge in [0, 0.05) is 35.3 Å². The van der Waals surface area contributed by atoms with Gasteiger partial charge in [-0.3, -0.25) is 19.6 Å². The molecule has 1 aliphatic heterocycles. The molecule has 132 valence electrons. The Labute approximate surface area is 148 Å². The monoisotopic (exact) mass is 340 g/mol. The molecule has 1 aliphatic carbocycles. The van der Waals surface area contributed by atoms with Crippen molar-refractivity contribution in [2.45, 2.75) is 46.5 Å². The molecule has 0 N–H and O–H groups in total. The number of pyridine rings is 1. The summed E-state index contributed by atoms with van der Waals surface area (Å²) in [5.74, 6) is -1.30. The van der Waals surface area contributed by atoms with Gasteiger partial charge in [0.05, 0.1) is 12.5 Å². The molecule has 25 heavy (non-hydrogen) atoms. The minimum atomic E-state index is -0.598. The Kier molecular flexibility index (Phi) is 4.58. The maximum Gasteiger partial charge on any atom is 0.315 e. The van der Waals surface area contributed by atoms with Gasteiger partial charge in [0.15, 0.2) is 5.78 Å². The van der Waals surface area contributed by atoms with Gasteiger partial charge in [0.25, 0.3) is 0 Å². The first-order chi connectivity index (χ1) is 11.8. The lowest BCUT2D eigenvalue weighted by molar-refractivity contribution is -0.146. The van der Waals surface area contributed by atoms with Crippen LogP contribution in [0.3, 0.4) is 0 Å². The Morgan fingerprint density at radius 3 is 2.72 bits per heavy atom. The standard InChI is InChI=1S/C20H24N2O3/c1-5-25-19(24)16-12(2)22-14-10-20(3,4)11-15(23)17(14)18(16)13-8-6-7-9-21-13/h6-9,16,18H,5,10-11H2,1-4H3/t16?,18-/m0/s1. The zero-order valence-corrected chi connectivity index (χ0v) is 15.2. The molecule has 1 unspecified atom stereocenters. The number of carbonyl (C=O) groups is 2. The van der Waals surface area contributed by atoms with Crippen LogP contribution in [0.15, 0.2) is 40.7 Å². The summed E-state index contributed by atoms with van der Waals surface area (Å²) < 4.78 is 5.28. The van der Waals surface area contributed by atoms with Crippen molar-refractivity contribution in [2.24, 2.45) is 16.3 Å². The highest BCUT2D eigenvalue weighted by Gasteiger charge is 2.46. The summed E-state index contributed by atoms with van der Waals surface area (Å²) in [5.41, 5.74) is 2.73. The van der Waals surface area contributed by atoms with Gasteiger partial charge in [-0.1, -0.05) is 19.9 Å². The van der Waals surface area contributed by atoms with E-state index in [2.05, 4.69) is 23.8 Å². The van der Waals surface area contributed by atoms with Gasteiger partial charge in [-0.25, -0.2) is 0 Å². The van der Waals surface area contributed by atoms with E-state index in [9.17, 15) is 9.59 Å². The molecule has 0 saturated heterocycles. The number of allylic oxidation sites excluding steroid dienone is 2. The van der Waals surface area contributed by atoms with Crippen molar-refractivity contribution in [1.29, 1.82) is 0 Å². The third-order valence-corrected chi connectivity index (χ3v) is 4.85. The lowest BCUT2D eigenvalue weighted by Gasteiger charge is -2.38. The lowest BCUT2D eigenvalue weighted by Crippen LogP contribution is -2.39. The number of ether oxygens (including phenoxy) is 1. The van der Waals surface area contributed by atoms with E-state index >= 15 is 0 Å². The molecule has 1 aromatic heterocycles. The van der Waals surface area contributed by atoms with Crippen LogP contribution in [0.1, 0.15) is 52.1 Å². The fraction of sp³-hybridized carbons (Fsp3) is 0.500. The topological polar surface area (TPSA) is 68.6 Å². The van der Waals surface area contributed by atoms with Crippen LogP contribution in [0.25, 0.3) is 0 Å². The molecule has 0 fully saturated rings. The molecule has 2 atom stereocenters. The average Bonchev–Trinajstić information content (AvgIpc) is 2.53. The predicted octanol–water partition coefficient (Wildman–Crippen LogP) is 3.46. The quantitative estimate of drug-likeness (QED) is 0.790. The van der Waals surface area contributed by atoms with Crippen LogP contribution in [0.2, 0.25) is 0 Å². The molecule has 0 amide bonds. The Bertz CT molecular complexity index is 762. The highest BCUT2D eigenvalue weighted by atomic mass is 16.5. The summed E-state index contributed by atoms with van der Waals surface area (Å²) in [6.07, 6.45) is 2.87. The molecule has 0 radical (unpaired) electrons. The summed E-state index contributed by atoms with van der Waals surface area (Å²) in [6, 6.07) is 5.57. The first-order valence-electron chi connectivity index (χ1n) is 8.73. The number of ketones is 1. The minimum absolute atomic E-state index is 0.0625. The molecule has 5 nitrogen and oxygen atoms in total. The molecule has 0 saturated carbocycles. The van der Waals surface area contributed by atoms with Crippen LogP contribution in [0, 0.1) is 11.3 Å². The fourth-order valence-corrected chi connectivity index (χ4v) is 3.86. The average molecular weight is 340 g/mol. The predicted molar refractivity (Wildman–Crippen MR) is 95.3 cm³/mol. The molecular formula is C20H24N2O3. The number of hydrogen-bond donors (Lipinski definition) is 0. The second-order valence-corrected chi connectivity index (χ2v) is 7.52. The first kappa shape index (κ1) is 17.5. The van der Waals surface area contributed by atoms with E-state index < -0.39 is 11.8 Å². The largest absolute Gasteiger partial charge is 0.465 e. The van der Waals surface area contributed by atoms with Crippen LogP contribution in [-0.4, -0.2) is 29.1 Å². The summed E-state index contributed by atoms with van der Waals surface area (Å²) >= 11 is 0. The van der Waals surface area contributed by atoms with Crippen molar-refractivity contribution in [3.05, 3.63) is 41.4 Å². The Morgan fingerprint density at radius 2 is 2.08 bits per heavy atom. The Morgan fingerprint density at radius 1 is 1.32 bits per heavy atom. The molecule has 1 aromatic rings. The van der Waals surface area contributed by atoms with Crippen LogP contribution < -0.4 is 0 Å². The first-order valence-corrected chi connectivity index (χ1v) is 8.73. The maximum atomic E-state index is 13.0. The van der Waals surface area contributed by atoms with E-state index in [0.29, 0.717) is 24.3 Å². The van der Waals surface area contributed by atoms with Crippen molar-refractivity contribution in [3.63, 3.8) is 0 Å². The molecule has 2 heterocycles. The molecule has 2 aliphatic rings. The van der Waals surface area contributed by atoms with E-state index in [1.807, 2.05) is 25.1 Å². The van der Waals surface area contributed by atoms with Gasteiger partial charge in [0.2, 0.25) is 0 Å². The molecule has 5 heteroatoms. The number of Topliss-reactive ketones (excluding diaryl/α,β-unsaturated/α-hetero) is 1. The van der Waals surface area contributed by atoms with Gasteiger partial charge in [-0.05, 0) is 37.8 Å². The Hall–Kier alpha value is -2.30. The number of carbonyl (C=O) groups excluding carboxylic acids is 2. The van der Waals surface area contributed by atoms with E-state index in [1.54, 1.807) is 13.1 Å². The Balaban J connectivity index is 2.15. The van der Waals surface area contributed by atoms with Crippen LogP contribution >= 0.6 is 0 Å². The number of esters is 1. The van der Waals surface area contributed by atoms with Crippen molar-refractivity contribution in [3.8, 4) is 0 Å². The van der Waals surface area contributed by atoms with Crippen molar-refractivity contribution < 1.29 is 14.3 Å². The van der Waals surface area contributed by atoms with Gasteiger partial charge in [-0.2, -0.15) is 0 Å². The summed E-state index contributed by atoms with van der Waals surface area (Å²) in [4.78, 5) is 34.7. The zero-order valence-electron chi connectivity index (χ0n) is 15.2. The van der Waals surface area contributed by atoms with Crippen molar-refractivity contribution >= 4 is 17.5 Å². The van der Waals surface area contributed by atoms with E-state index in [1.165, 1.54) is 0 Å². The van der Waals surface area contributed by atoms with E-state index in [0.717, 1.165) is 17.8 Å². The number of aromatic nitrogens is 1. The number of hydrogen-bond acceptors (Lipinski definition) is 5. The zero-order chi connectivity index (χ0) is 18.2. The normalized spacial score (nSPS) is 25.3. The van der Waals surface area contributed by atoms with Crippen LogP contribution in [0.4, 0.5) is 0 Å². The number of rotatable bonds is 3. The summed E-state index contributed by atoms with van der Waals surface area (Å²) in [7, 11) is 0. The van der Waals surface area contributed by atoms with Crippen molar-refractivity contribution in [1.82, 2.24) is 4.98 Å². The van der Waals surface area contributed by atoms with E-state index in [4.69, 9.17) is 4.74 Å². The molecule has 3 rings (SSSR count). The molecule has 0 bridgehead atoms. The summed E-state index contributed by atoms with van der Waals surface area (Å²) in [6.45, 7) is 8.07. The summed E-state index contributed by atoms with van der Waals surface area (Å²) in [5, 5.41) is 0. The number of nitrogens with zero attached hydrogens (tertiary/aromatic N) is 2. The van der Waals surface area contributed by atoms with Gasteiger partial charge in [-0.15, -0.1) is 0 Å². The third kappa shape index (κ3) is 3.28. The highest BCUT2D eigenvalue weighted by molar-refractivity contribution is 6.08. The van der Waals surface area contributed by atoms with Crippen molar-refractivity contribution in [2.75, 3.05) is 6.61 Å². The van der Waals surface area contributed by atoms with Gasteiger partial charge in [0.1, 0.15) is 5.92 Å². The van der Waals surface area contributed by atoms with Gasteiger partial charge < -0.3 is 4.74 Å². The fourth-order valence-electron chi connectivity index (χ4n) is 3.86. The molecular weight excluding hydrogens is 316 g/mol. The van der Waals surface area contributed by atoms with E-state index in [-0.39, 0.29) is 17.2 Å². The second kappa shape index (κ2) is 6.54. The SMILES string of the molecule is CCOC(=O)C1C(C)=NC2=C(C(=O)CC(C)(C)C2)[C@H]1c1ccccn1. The lowest BCUT2D eigenvalue weighted by atomic mass is 9.67.